The molecule has 0 amide bonds. The molecule has 1 heterocycles. The summed E-state index contributed by atoms with van der Waals surface area (Å²) in [6.45, 7) is 1.85. The Labute approximate surface area is 96.6 Å². The second-order valence-corrected chi connectivity index (χ2v) is 3.95. The van der Waals surface area contributed by atoms with E-state index in [1.165, 1.54) is 13.2 Å². The first kappa shape index (κ1) is 11.8. The maximum absolute atomic E-state index is 12.8. The number of aromatic nitrogens is 1. The second kappa shape index (κ2) is 3.68. The van der Waals surface area contributed by atoms with Crippen LogP contribution in [0.25, 0.3) is 10.9 Å². The molecule has 92 valence electrons. The van der Waals surface area contributed by atoms with Gasteiger partial charge in [0.2, 0.25) is 0 Å². The Morgan fingerprint density at radius 3 is 2.35 bits per heavy atom. The Morgan fingerprint density at radius 1 is 1.18 bits per heavy atom. The van der Waals surface area contributed by atoms with Gasteiger partial charge in [-0.1, -0.05) is 0 Å². The van der Waals surface area contributed by atoms with Crippen molar-refractivity contribution >= 4 is 10.9 Å². The molecule has 0 radical (unpaired) electrons. The van der Waals surface area contributed by atoms with Gasteiger partial charge >= 0.3 is 6.18 Å². The van der Waals surface area contributed by atoms with Crippen LogP contribution in [0.3, 0.4) is 0 Å². The van der Waals surface area contributed by atoms with Crippen LogP contribution in [0.2, 0.25) is 0 Å². The largest absolute Gasteiger partial charge is 0.496 e. The Bertz CT molecular complexity index is 569. The van der Waals surface area contributed by atoms with Crippen molar-refractivity contribution in [2.24, 2.45) is 7.05 Å². The molecule has 0 atom stereocenters. The molecule has 0 fully saturated rings. The third kappa shape index (κ3) is 1.85. The minimum atomic E-state index is -4.40. The van der Waals surface area contributed by atoms with Gasteiger partial charge in [0.15, 0.2) is 0 Å². The highest BCUT2D eigenvalue weighted by Gasteiger charge is 2.34. The zero-order chi connectivity index (χ0) is 12.8. The summed E-state index contributed by atoms with van der Waals surface area (Å²) in [5.74, 6) is -0.147. The molecule has 0 aliphatic heterocycles. The molecule has 0 aliphatic carbocycles. The fourth-order valence-electron chi connectivity index (χ4n) is 1.89. The SMILES string of the molecule is COc1cc2c(cc1C(F)(F)F)cc(C)n2C. The monoisotopic (exact) mass is 243 g/mol. The molecule has 0 saturated heterocycles. The maximum Gasteiger partial charge on any atom is 0.419 e. The first-order valence-electron chi connectivity index (χ1n) is 5.06. The third-order valence-corrected chi connectivity index (χ3v) is 2.91. The van der Waals surface area contributed by atoms with Crippen LogP contribution in [0.5, 0.6) is 5.75 Å². The van der Waals surface area contributed by atoms with Crippen LogP contribution in [0.1, 0.15) is 11.3 Å². The predicted molar refractivity (Wildman–Crippen MR) is 59.2 cm³/mol. The van der Waals surface area contributed by atoms with E-state index in [-0.39, 0.29) is 5.75 Å². The molecule has 0 aliphatic rings. The Balaban J connectivity index is 2.78. The van der Waals surface area contributed by atoms with Crippen molar-refractivity contribution in [2.45, 2.75) is 13.1 Å². The smallest absolute Gasteiger partial charge is 0.419 e. The molecule has 2 aromatic rings. The number of nitrogens with zero attached hydrogens (tertiary/aromatic N) is 1. The van der Waals surface area contributed by atoms with Gasteiger partial charge in [0.1, 0.15) is 5.75 Å². The molecule has 5 heteroatoms. The van der Waals surface area contributed by atoms with Gasteiger partial charge in [-0.25, -0.2) is 0 Å². The van der Waals surface area contributed by atoms with Crippen molar-refractivity contribution < 1.29 is 17.9 Å². The molecule has 0 saturated carbocycles. The molecule has 1 aromatic carbocycles. The summed E-state index contributed by atoms with van der Waals surface area (Å²) >= 11 is 0. The lowest BCUT2D eigenvalue weighted by atomic mass is 10.1. The number of ether oxygens (including phenoxy) is 1. The van der Waals surface area contributed by atoms with Crippen LogP contribution in [0.4, 0.5) is 13.2 Å². The Kier molecular flexibility index (Phi) is 2.56. The summed E-state index contributed by atoms with van der Waals surface area (Å²) in [5.41, 5.74) is 0.895. The topological polar surface area (TPSA) is 14.2 Å². The number of hydrogen-bond acceptors (Lipinski definition) is 1. The van der Waals surface area contributed by atoms with Gasteiger partial charge in [-0.05, 0) is 19.1 Å². The van der Waals surface area contributed by atoms with E-state index in [4.69, 9.17) is 4.74 Å². The fraction of sp³-hybridized carbons (Fsp3) is 0.333. The second-order valence-electron chi connectivity index (χ2n) is 3.95. The number of rotatable bonds is 1. The Hall–Kier alpha value is -1.65. The first-order valence-corrected chi connectivity index (χ1v) is 5.06. The van der Waals surface area contributed by atoms with Crippen LogP contribution >= 0.6 is 0 Å². The number of alkyl halides is 3. The zero-order valence-electron chi connectivity index (χ0n) is 9.72. The molecular weight excluding hydrogens is 231 g/mol. The molecular formula is C12H12F3NO. The van der Waals surface area contributed by atoms with E-state index in [0.717, 1.165) is 17.3 Å². The van der Waals surface area contributed by atoms with Gasteiger partial charge in [0.25, 0.3) is 0 Å². The predicted octanol–water partition coefficient (Wildman–Crippen LogP) is 3.51. The van der Waals surface area contributed by atoms with Crippen molar-refractivity contribution in [1.82, 2.24) is 4.57 Å². The highest BCUT2D eigenvalue weighted by Crippen LogP contribution is 2.39. The maximum atomic E-state index is 12.8. The summed E-state index contributed by atoms with van der Waals surface area (Å²) in [5, 5.41) is 0.568. The number of hydrogen-bond donors (Lipinski definition) is 0. The van der Waals surface area contributed by atoms with E-state index >= 15 is 0 Å². The van der Waals surface area contributed by atoms with Crippen LogP contribution in [0.15, 0.2) is 18.2 Å². The summed E-state index contributed by atoms with van der Waals surface area (Å²) in [4.78, 5) is 0. The molecule has 2 nitrogen and oxygen atoms in total. The quantitative estimate of drug-likeness (QED) is 0.747. The van der Waals surface area contributed by atoms with Crippen LogP contribution in [-0.2, 0) is 13.2 Å². The lowest BCUT2D eigenvalue weighted by molar-refractivity contribution is -0.138. The van der Waals surface area contributed by atoms with E-state index in [2.05, 4.69) is 0 Å². The van der Waals surface area contributed by atoms with Crippen molar-refractivity contribution in [2.75, 3.05) is 7.11 Å². The average molecular weight is 243 g/mol. The van der Waals surface area contributed by atoms with Gasteiger partial charge in [-0.2, -0.15) is 13.2 Å². The summed E-state index contributed by atoms with van der Waals surface area (Å²) in [6.07, 6.45) is -4.40. The number of methoxy groups -OCH3 is 1. The minimum Gasteiger partial charge on any atom is -0.496 e. The minimum absolute atomic E-state index is 0.147. The molecule has 0 unspecified atom stereocenters. The highest BCUT2D eigenvalue weighted by molar-refractivity contribution is 5.84. The summed E-state index contributed by atoms with van der Waals surface area (Å²) < 4.78 is 45.0. The van der Waals surface area contributed by atoms with Gasteiger partial charge in [-0.15, -0.1) is 0 Å². The lowest BCUT2D eigenvalue weighted by Crippen LogP contribution is -2.07. The van der Waals surface area contributed by atoms with E-state index in [0.29, 0.717) is 5.39 Å². The summed E-state index contributed by atoms with van der Waals surface area (Å²) in [7, 11) is 3.05. The highest BCUT2D eigenvalue weighted by atomic mass is 19.4. The van der Waals surface area contributed by atoms with Gasteiger partial charge in [0.05, 0.1) is 18.2 Å². The molecule has 17 heavy (non-hydrogen) atoms. The Morgan fingerprint density at radius 2 is 1.82 bits per heavy atom. The van der Waals surface area contributed by atoms with Gasteiger partial charge in [-0.3, -0.25) is 0 Å². The fourth-order valence-corrected chi connectivity index (χ4v) is 1.89. The van der Waals surface area contributed by atoms with Gasteiger partial charge < -0.3 is 9.30 Å². The van der Waals surface area contributed by atoms with Crippen molar-refractivity contribution in [3.05, 3.63) is 29.5 Å². The third-order valence-electron chi connectivity index (χ3n) is 2.91. The zero-order valence-corrected chi connectivity index (χ0v) is 9.72. The first-order chi connectivity index (χ1) is 7.84. The molecule has 0 spiro atoms. The van der Waals surface area contributed by atoms with Gasteiger partial charge in [0, 0.05) is 24.2 Å². The lowest BCUT2D eigenvalue weighted by Gasteiger charge is -2.12. The number of aryl methyl sites for hydroxylation is 2. The van der Waals surface area contributed by atoms with E-state index in [1.54, 1.807) is 6.07 Å². The van der Waals surface area contributed by atoms with E-state index < -0.39 is 11.7 Å². The van der Waals surface area contributed by atoms with Crippen LogP contribution in [0, 0.1) is 6.92 Å². The molecule has 2 rings (SSSR count). The number of benzene rings is 1. The molecule has 0 bridgehead atoms. The molecule has 1 aromatic heterocycles. The van der Waals surface area contributed by atoms with Crippen molar-refractivity contribution in [1.29, 1.82) is 0 Å². The standard InChI is InChI=1S/C12H12F3NO/c1-7-4-8-5-9(12(13,14)15)11(17-3)6-10(8)16(7)2/h4-6H,1-3H3. The summed E-state index contributed by atoms with van der Waals surface area (Å²) in [6, 6.07) is 4.27. The normalized spacial score (nSPS) is 12.1. The number of halogens is 3. The van der Waals surface area contributed by atoms with Crippen LogP contribution in [-0.4, -0.2) is 11.7 Å². The van der Waals surface area contributed by atoms with Crippen LogP contribution < -0.4 is 4.74 Å². The van der Waals surface area contributed by atoms with E-state index in [1.807, 2.05) is 18.5 Å². The van der Waals surface area contributed by atoms with Crippen molar-refractivity contribution in [3.63, 3.8) is 0 Å². The molecule has 0 N–H and O–H groups in total. The van der Waals surface area contributed by atoms with Crippen molar-refractivity contribution in [3.8, 4) is 5.75 Å². The van der Waals surface area contributed by atoms with E-state index in [9.17, 15) is 13.2 Å². The average Bonchev–Trinajstić information content (AvgIpc) is 2.52. The number of fused-ring (bicyclic) bond motifs is 1.